The monoisotopic (exact) mass is 372 g/mol. The minimum atomic E-state index is -0.991. The number of aromatic nitrogens is 1. The summed E-state index contributed by atoms with van der Waals surface area (Å²) < 4.78 is 0. The van der Waals surface area contributed by atoms with Crippen molar-refractivity contribution < 1.29 is 14.4 Å². The van der Waals surface area contributed by atoms with Crippen molar-refractivity contribution in [2.24, 2.45) is 0 Å². The van der Waals surface area contributed by atoms with E-state index in [-0.39, 0.29) is 12.6 Å². The van der Waals surface area contributed by atoms with Crippen molar-refractivity contribution in [1.29, 1.82) is 0 Å². The number of urea groups is 1. The molecule has 8 heteroatoms. The van der Waals surface area contributed by atoms with E-state index in [2.05, 4.69) is 15.6 Å². The lowest BCUT2D eigenvalue weighted by Gasteiger charge is -2.20. The van der Waals surface area contributed by atoms with Gasteiger partial charge >= 0.3 is 6.03 Å². The van der Waals surface area contributed by atoms with Crippen molar-refractivity contribution in [2.45, 2.75) is 31.8 Å². The SMILES string of the molecule is CC1(C)NC(=O)N(CC(=O)NC(Cc2cccs2)c2ccccn2)C1=O. The van der Waals surface area contributed by atoms with Gasteiger partial charge in [-0.25, -0.2) is 4.79 Å². The lowest BCUT2D eigenvalue weighted by Crippen LogP contribution is -2.44. The van der Waals surface area contributed by atoms with E-state index < -0.39 is 23.4 Å². The van der Waals surface area contributed by atoms with Crippen molar-refractivity contribution in [3.05, 3.63) is 52.5 Å². The van der Waals surface area contributed by atoms with Gasteiger partial charge in [-0.3, -0.25) is 19.5 Å². The Labute approximate surface area is 155 Å². The zero-order valence-corrected chi connectivity index (χ0v) is 15.4. The highest BCUT2D eigenvalue weighted by molar-refractivity contribution is 7.09. The molecule has 2 N–H and O–H groups in total. The molecule has 7 nitrogen and oxygen atoms in total. The fourth-order valence-electron chi connectivity index (χ4n) is 2.79. The summed E-state index contributed by atoms with van der Waals surface area (Å²) in [7, 11) is 0. The molecule has 2 aromatic rings. The van der Waals surface area contributed by atoms with Gasteiger partial charge in [0.05, 0.1) is 11.7 Å². The molecule has 1 atom stereocenters. The maximum absolute atomic E-state index is 12.5. The van der Waals surface area contributed by atoms with Gasteiger partial charge in [0, 0.05) is 17.5 Å². The van der Waals surface area contributed by atoms with Crippen LogP contribution in [0.25, 0.3) is 0 Å². The van der Waals surface area contributed by atoms with Gasteiger partial charge in [-0.2, -0.15) is 0 Å². The highest BCUT2D eigenvalue weighted by atomic mass is 32.1. The Morgan fingerprint density at radius 1 is 1.31 bits per heavy atom. The summed E-state index contributed by atoms with van der Waals surface area (Å²) in [4.78, 5) is 43.1. The van der Waals surface area contributed by atoms with E-state index in [1.807, 2.05) is 35.7 Å². The van der Waals surface area contributed by atoms with E-state index >= 15 is 0 Å². The molecule has 0 spiro atoms. The summed E-state index contributed by atoms with van der Waals surface area (Å²) >= 11 is 1.60. The van der Waals surface area contributed by atoms with Crippen molar-refractivity contribution >= 4 is 29.2 Å². The first-order chi connectivity index (χ1) is 12.4. The smallest absolute Gasteiger partial charge is 0.325 e. The van der Waals surface area contributed by atoms with E-state index in [1.54, 1.807) is 31.4 Å². The molecule has 136 valence electrons. The second-order valence-corrected chi connectivity index (χ2v) is 7.64. The maximum Gasteiger partial charge on any atom is 0.325 e. The van der Waals surface area contributed by atoms with Crippen LogP contribution in [0.2, 0.25) is 0 Å². The molecule has 0 saturated carbocycles. The number of amides is 4. The summed E-state index contributed by atoms with van der Waals surface area (Å²) in [6, 6.07) is 8.56. The zero-order valence-electron chi connectivity index (χ0n) is 14.6. The standard InChI is InChI=1S/C18H20N4O3S/c1-18(2)16(24)22(17(25)21-18)11-15(23)20-14(10-12-6-5-9-26-12)13-7-3-4-8-19-13/h3-9,14H,10-11H2,1-2H3,(H,20,23)(H,21,25). The molecule has 1 aliphatic heterocycles. The molecule has 1 fully saturated rings. The van der Waals surface area contributed by atoms with E-state index in [0.717, 1.165) is 15.5 Å². The summed E-state index contributed by atoms with van der Waals surface area (Å²) in [5, 5.41) is 7.44. The lowest BCUT2D eigenvalue weighted by molar-refractivity contribution is -0.134. The van der Waals surface area contributed by atoms with Gasteiger partial charge in [-0.15, -0.1) is 11.3 Å². The predicted octanol–water partition coefficient (Wildman–Crippen LogP) is 1.87. The first-order valence-corrected chi connectivity index (χ1v) is 9.11. The molecule has 0 bridgehead atoms. The van der Waals surface area contributed by atoms with Crippen LogP contribution in [-0.2, 0) is 16.0 Å². The van der Waals surface area contributed by atoms with Gasteiger partial charge < -0.3 is 10.6 Å². The minimum absolute atomic E-state index is 0.318. The Bertz CT molecular complexity index is 805. The zero-order chi connectivity index (χ0) is 18.7. The minimum Gasteiger partial charge on any atom is -0.346 e. The molecule has 26 heavy (non-hydrogen) atoms. The van der Waals surface area contributed by atoms with Crippen LogP contribution in [0.1, 0.15) is 30.5 Å². The van der Waals surface area contributed by atoms with Crippen molar-refractivity contribution in [3.8, 4) is 0 Å². The number of nitrogens with zero attached hydrogens (tertiary/aromatic N) is 2. The normalized spacial score (nSPS) is 17.1. The largest absolute Gasteiger partial charge is 0.346 e. The third kappa shape index (κ3) is 3.91. The van der Waals surface area contributed by atoms with Crippen molar-refractivity contribution in [2.75, 3.05) is 6.54 Å². The van der Waals surface area contributed by atoms with Crippen molar-refractivity contribution in [3.63, 3.8) is 0 Å². The molecule has 3 heterocycles. The lowest BCUT2D eigenvalue weighted by atomic mass is 10.1. The second kappa shape index (κ2) is 7.25. The first-order valence-electron chi connectivity index (χ1n) is 8.23. The number of imide groups is 1. The van der Waals surface area contributed by atoms with Crippen LogP contribution in [0.5, 0.6) is 0 Å². The molecule has 0 radical (unpaired) electrons. The molecule has 4 amide bonds. The van der Waals surface area contributed by atoms with Crippen LogP contribution < -0.4 is 10.6 Å². The van der Waals surface area contributed by atoms with Gasteiger partial charge in [-0.1, -0.05) is 12.1 Å². The van der Waals surface area contributed by atoms with Crippen LogP contribution in [0, 0.1) is 0 Å². The number of hydrogen-bond acceptors (Lipinski definition) is 5. The van der Waals surface area contributed by atoms with E-state index in [9.17, 15) is 14.4 Å². The molecule has 0 aromatic carbocycles. The second-order valence-electron chi connectivity index (χ2n) is 6.60. The van der Waals surface area contributed by atoms with E-state index in [4.69, 9.17) is 0 Å². The molecule has 2 aromatic heterocycles. The van der Waals surface area contributed by atoms with Gasteiger partial charge in [0.2, 0.25) is 5.91 Å². The Morgan fingerprint density at radius 3 is 2.69 bits per heavy atom. The third-order valence-electron chi connectivity index (χ3n) is 4.11. The predicted molar refractivity (Wildman–Crippen MR) is 97.5 cm³/mol. The van der Waals surface area contributed by atoms with Crippen LogP contribution in [0.15, 0.2) is 41.9 Å². The maximum atomic E-state index is 12.5. The van der Waals surface area contributed by atoms with Gasteiger partial charge in [-0.05, 0) is 37.4 Å². The third-order valence-corrected chi connectivity index (χ3v) is 5.01. The molecule has 1 saturated heterocycles. The van der Waals surface area contributed by atoms with Crippen LogP contribution in [-0.4, -0.2) is 39.8 Å². The molecule has 3 rings (SSSR count). The summed E-state index contributed by atoms with van der Waals surface area (Å²) in [6.45, 7) is 2.90. The van der Waals surface area contributed by atoms with Crippen LogP contribution in [0.4, 0.5) is 4.79 Å². The van der Waals surface area contributed by atoms with Gasteiger partial charge in [0.15, 0.2) is 0 Å². The summed E-state index contributed by atoms with van der Waals surface area (Å²) in [5.74, 6) is -0.816. The number of pyridine rings is 1. The number of hydrogen-bond donors (Lipinski definition) is 2. The Kier molecular flexibility index (Phi) is 5.03. The summed E-state index contributed by atoms with van der Waals surface area (Å²) in [6.07, 6.45) is 2.26. The fraction of sp³-hybridized carbons (Fsp3) is 0.333. The molecule has 1 aliphatic rings. The Balaban J connectivity index is 1.71. The number of carbonyl (C=O) groups is 3. The molecular formula is C18H20N4O3S. The van der Waals surface area contributed by atoms with E-state index in [1.165, 1.54) is 0 Å². The topological polar surface area (TPSA) is 91.4 Å². The number of carbonyl (C=O) groups excluding carboxylic acids is 3. The van der Waals surface area contributed by atoms with Gasteiger partial charge in [0.1, 0.15) is 12.1 Å². The van der Waals surface area contributed by atoms with Crippen LogP contribution in [0.3, 0.4) is 0 Å². The molecule has 1 unspecified atom stereocenters. The Morgan fingerprint density at radius 2 is 2.12 bits per heavy atom. The Hall–Kier alpha value is -2.74. The number of nitrogens with one attached hydrogen (secondary N) is 2. The van der Waals surface area contributed by atoms with Crippen molar-refractivity contribution in [1.82, 2.24) is 20.5 Å². The van der Waals surface area contributed by atoms with Crippen LogP contribution >= 0.6 is 11.3 Å². The highest BCUT2D eigenvalue weighted by Gasteiger charge is 2.44. The average Bonchev–Trinajstić information content (AvgIpc) is 3.17. The highest BCUT2D eigenvalue weighted by Crippen LogP contribution is 2.21. The molecule has 0 aliphatic carbocycles. The fourth-order valence-corrected chi connectivity index (χ4v) is 3.54. The number of rotatable bonds is 6. The first kappa shape index (κ1) is 18.1. The van der Waals surface area contributed by atoms with Gasteiger partial charge in [0.25, 0.3) is 5.91 Å². The summed E-state index contributed by atoms with van der Waals surface area (Å²) in [5.41, 5.74) is -0.263. The quantitative estimate of drug-likeness (QED) is 0.758. The number of thiophene rings is 1. The molecular weight excluding hydrogens is 352 g/mol. The average molecular weight is 372 g/mol. The van der Waals surface area contributed by atoms with E-state index in [0.29, 0.717) is 6.42 Å².